The highest BCUT2D eigenvalue weighted by Crippen LogP contribution is 2.39. The minimum absolute atomic E-state index is 0.0852. The van der Waals surface area contributed by atoms with Crippen LogP contribution in [0.1, 0.15) is 53.8 Å². The van der Waals surface area contributed by atoms with Gasteiger partial charge in [-0.2, -0.15) is 4.39 Å². The first-order chi connectivity index (χ1) is 15.0. The van der Waals surface area contributed by atoms with Gasteiger partial charge in [-0.05, 0) is 95.2 Å². The van der Waals surface area contributed by atoms with E-state index in [2.05, 4.69) is 60.6 Å². The van der Waals surface area contributed by atoms with Gasteiger partial charge in [0.1, 0.15) is 15.0 Å². The molecule has 2 amide bonds. The van der Waals surface area contributed by atoms with Gasteiger partial charge in [0, 0.05) is 18.7 Å². The molecule has 0 saturated carbocycles. The van der Waals surface area contributed by atoms with Crippen LogP contribution in [0.3, 0.4) is 0 Å². The molecule has 0 aliphatic carbocycles. The van der Waals surface area contributed by atoms with Gasteiger partial charge >= 0.3 is 0 Å². The van der Waals surface area contributed by atoms with E-state index in [1.54, 1.807) is 12.1 Å². The maximum Gasteiger partial charge on any atom is 0.253 e. The number of nitrogens with two attached hydrogens (primary N) is 2. The van der Waals surface area contributed by atoms with Crippen LogP contribution in [0.4, 0.5) is 10.2 Å². The summed E-state index contributed by atoms with van der Waals surface area (Å²) in [4.78, 5) is 32.1. The number of rotatable bonds is 6. The van der Waals surface area contributed by atoms with Crippen LogP contribution in [-0.2, 0) is 0 Å². The number of anilines is 1. The lowest BCUT2D eigenvalue weighted by Gasteiger charge is -2.33. The zero-order valence-electron chi connectivity index (χ0n) is 17.8. The van der Waals surface area contributed by atoms with Crippen LogP contribution >= 0.6 is 31.9 Å². The van der Waals surface area contributed by atoms with E-state index in [1.165, 1.54) is 12.1 Å². The van der Waals surface area contributed by atoms with Crippen molar-refractivity contribution in [2.24, 2.45) is 17.4 Å². The first-order valence-corrected chi connectivity index (χ1v) is 11.5. The lowest BCUT2D eigenvalue weighted by atomic mass is 9.93. The summed E-state index contributed by atoms with van der Waals surface area (Å²) in [7, 11) is 0. The van der Waals surface area contributed by atoms with Gasteiger partial charge < -0.3 is 21.5 Å². The summed E-state index contributed by atoms with van der Waals surface area (Å²) in [6, 6.07) is 6.17. The van der Waals surface area contributed by atoms with E-state index < -0.39 is 17.8 Å². The number of carbonyl (C=O) groups excluding carboxylic acids is 2. The molecular weight excluding hydrogens is 549 g/mol. The van der Waals surface area contributed by atoms with E-state index in [4.69, 9.17) is 16.6 Å². The number of pyridine rings is 2. The third-order valence-corrected chi connectivity index (χ3v) is 6.06. The van der Waals surface area contributed by atoms with Gasteiger partial charge in [-0.1, -0.05) is 0 Å². The SMILES string of the molecule is CC1(C)CC(CCCO)CN1c1nc(Br)ccc1C(N)=O.NC(=O)c1ccc(Br)nc1F. The Kier molecular flexibility index (Phi) is 9.11. The Morgan fingerprint density at radius 3 is 2.22 bits per heavy atom. The van der Waals surface area contributed by atoms with E-state index >= 15 is 0 Å². The van der Waals surface area contributed by atoms with Crippen molar-refractivity contribution >= 4 is 49.5 Å². The molecule has 3 heterocycles. The Labute approximate surface area is 202 Å². The Morgan fingerprint density at radius 1 is 1.12 bits per heavy atom. The fourth-order valence-electron chi connectivity index (χ4n) is 3.75. The summed E-state index contributed by atoms with van der Waals surface area (Å²) in [5.74, 6) is -0.990. The Bertz CT molecular complexity index is 990. The van der Waals surface area contributed by atoms with Gasteiger partial charge in [0.2, 0.25) is 5.95 Å². The van der Waals surface area contributed by atoms with Crippen molar-refractivity contribution in [1.82, 2.24) is 9.97 Å². The van der Waals surface area contributed by atoms with Crippen molar-refractivity contribution in [3.63, 3.8) is 0 Å². The summed E-state index contributed by atoms with van der Waals surface area (Å²) in [6.45, 7) is 5.36. The number of amides is 2. The number of aromatic nitrogens is 2. The number of carbonyl (C=O) groups is 2. The number of aliphatic hydroxyl groups is 1. The van der Waals surface area contributed by atoms with Crippen LogP contribution in [0, 0.1) is 11.9 Å². The molecule has 1 atom stereocenters. The minimum atomic E-state index is -0.855. The van der Waals surface area contributed by atoms with Crippen LogP contribution in [0.25, 0.3) is 0 Å². The van der Waals surface area contributed by atoms with Crippen LogP contribution in [0.15, 0.2) is 33.5 Å². The molecule has 0 aromatic carbocycles. The van der Waals surface area contributed by atoms with Gasteiger partial charge in [0.05, 0.1) is 11.1 Å². The number of nitrogens with zero attached hydrogens (tertiary/aromatic N) is 3. The van der Waals surface area contributed by atoms with E-state index in [0.717, 1.165) is 25.8 Å². The fourth-order valence-corrected chi connectivity index (χ4v) is 4.34. The maximum absolute atomic E-state index is 12.7. The smallest absolute Gasteiger partial charge is 0.253 e. The molecule has 5 N–H and O–H groups in total. The van der Waals surface area contributed by atoms with Crippen LogP contribution < -0.4 is 16.4 Å². The second-order valence-electron chi connectivity index (χ2n) is 8.07. The van der Waals surface area contributed by atoms with Crippen LogP contribution in [0.5, 0.6) is 0 Å². The van der Waals surface area contributed by atoms with E-state index in [9.17, 15) is 14.0 Å². The largest absolute Gasteiger partial charge is 0.396 e. The van der Waals surface area contributed by atoms with Gasteiger partial charge in [-0.3, -0.25) is 9.59 Å². The standard InChI is InChI=1S/C15H22BrN3O2.C6H4BrFN2O/c1-15(2)8-10(4-3-7-20)9-19(15)14-11(13(17)21)5-6-12(16)18-14;7-4-2-1-3(6(9)11)5(8)10-4/h5-6,10,20H,3-4,7-9H2,1-2H3,(H2,17,21);1-2H,(H2,9,11). The molecule has 11 heteroatoms. The van der Waals surface area contributed by atoms with E-state index in [1.807, 2.05) is 0 Å². The number of hydrogen-bond acceptors (Lipinski definition) is 6. The topological polar surface area (TPSA) is 135 Å². The molecule has 1 fully saturated rings. The number of aliphatic hydroxyl groups excluding tert-OH is 1. The lowest BCUT2D eigenvalue weighted by Crippen LogP contribution is -2.40. The first-order valence-electron chi connectivity index (χ1n) is 9.93. The van der Waals surface area contributed by atoms with Crippen molar-refractivity contribution in [2.45, 2.75) is 38.6 Å². The van der Waals surface area contributed by atoms with Gasteiger partial charge in [-0.15, -0.1) is 0 Å². The van der Waals surface area contributed by atoms with E-state index in [-0.39, 0.29) is 17.7 Å². The van der Waals surface area contributed by atoms with Crippen molar-refractivity contribution in [3.05, 3.63) is 50.5 Å². The third kappa shape index (κ3) is 6.69. The third-order valence-electron chi connectivity index (χ3n) is 5.17. The molecule has 3 rings (SSSR count). The summed E-state index contributed by atoms with van der Waals surface area (Å²) in [6.07, 6.45) is 2.80. The molecule has 1 unspecified atom stereocenters. The number of halogens is 3. The average Bonchev–Trinajstić information content (AvgIpc) is 3.00. The monoisotopic (exact) mass is 573 g/mol. The summed E-state index contributed by atoms with van der Waals surface area (Å²) >= 11 is 6.31. The second kappa shape index (κ2) is 11.2. The molecule has 2 aromatic heterocycles. The van der Waals surface area contributed by atoms with Crippen molar-refractivity contribution in [2.75, 3.05) is 18.1 Å². The van der Waals surface area contributed by atoms with Crippen molar-refractivity contribution in [1.29, 1.82) is 0 Å². The van der Waals surface area contributed by atoms with Crippen molar-refractivity contribution < 1.29 is 19.1 Å². The Morgan fingerprint density at radius 2 is 1.69 bits per heavy atom. The number of primary amides is 2. The molecule has 32 heavy (non-hydrogen) atoms. The molecule has 1 aliphatic heterocycles. The second-order valence-corrected chi connectivity index (χ2v) is 9.69. The highest BCUT2D eigenvalue weighted by molar-refractivity contribution is 9.10. The quantitative estimate of drug-likeness (QED) is 0.452. The zero-order valence-corrected chi connectivity index (χ0v) is 21.0. The van der Waals surface area contributed by atoms with Gasteiger partial charge in [-0.25, -0.2) is 9.97 Å². The van der Waals surface area contributed by atoms with Crippen molar-refractivity contribution in [3.8, 4) is 0 Å². The van der Waals surface area contributed by atoms with Gasteiger partial charge in [0.15, 0.2) is 0 Å². The molecule has 0 bridgehead atoms. The fraction of sp³-hybridized carbons (Fsp3) is 0.429. The lowest BCUT2D eigenvalue weighted by molar-refractivity contribution is 0.0989. The normalized spacial score (nSPS) is 16.9. The van der Waals surface area contributed by atoms with Crippen LogP contribution in [-0.4, -0.2) is 45.6 Å². The highest BCUT2D eigenvalue weighted by atomic mass is 79.9. The minimum Gasteiger partial charge on any atom is -0.396 e. The average molecular weight is 575 g/mol. The highest BCUT2D eigenvalue weighted by Gasteiger charge is 2.40. The maximum atomic E-state index is 12.7. The van der Waals surface area contributed by atoms with Crippen LogP contribution in [0.2, 0.25) is 0 Å². The summed E-state index contributed by atoms with van der Waals surface area (Å²) in [5.41, 5.74) is 10.5. The first kappa shape index (κ1) is 26.1. The van der Waals surface area contributed by atoms with Gasteiger partial charge in [0.25, 0.3) is 11.8 Å². The Balaban J connectivity index is 0.000000278. The molecule has 8 nitrogen and oxygen atoms in total. The molecule has 2 aromatic rings. The predicted octanol–water partition coefficient (Wildman–Crippen LogP) is 3.40. The summed E-state index contributed by atoms with van der Waals surface area (Å²) in [5, 5.41) is 9.00. The predicted molar refractivity (Wildman–Crippen MR) is 127 cm³/mol. The molecule has 0 spiro atoms. The summed E-state index contributed by atoms with van der Waals surface area (Å²) < 4.78 is 13.7. The number of hydrogen-bond donors (Lipinski definition) is 3. The molecule has 0 radical (unpaired) electrons. The zero-order chi connectivity index (χ0) is 24.1. The van der Waals surface area contributed by atoms with E-state index in [0.29, 0.717) is 26.5 Å². The molecule has 1 saturated heterocycles. The molecular formula is C21H26Br2FN5O3. The molecule has 174 valence electrons. The Hall–Kier alpha value is -2.11. The molecule has 1 aliphatic rings.